The molecule has 6 nitrogen and oxygen atoms in total. The number of hydrogen-bond donors (Lipinski definition) is 0. The van der Waals surface area contributed by atoms with Crippen LogP contribution in [0.3, 0.4) is 0 Å². The van der Waals surface area contributed by atoms with E-state index in [0.717, 1.165) is 53.7 Å². The van der Waals surface area contributed by atoms with Gasteiger partial charge in [-0.25, -0.2) is 9.97 Å². The van der Waals surface area contributed by atoms with E-state index < -0.39 is 0 Å². The molecule has 0 atom stereocenters. The lowest BCUT2D eigenvalue weighted by Gasteiger charge is -2.35. The zero-order chi connectivity index (χ0) is 19.0. The molecule has 0 radical (unpaired) electrons. The Hall–Kier alpha value is -2.63. The zero-order valence-corrected chi connectivity index (χ0v) is 16.2. The summed E-state index contributed by atoms with van der Waals surface area (Å²) >= 11 is 0. The van der Waals surface area contributed by atoms with Gasteiger partial charge in [-0.3, -0.25) is 4.79 Å². The molecule has 2 aromatic rings. The van der Waals surface area contributed by atoms with Crippen molar-refractivity contribution in [3.05, 3.63) is 46.9 Å². The smallest absolute Gasteiger partial charge is 0.253 e. The molecule has 142 valence electrons. The van der Waals surface area contributed by atoms with Gasteiger partial charge in [0.25, 0.3) is 5.91 Å². The predicted octanol–water partition coefficient (Wildman–Crippen LogP) is 2.81. The molecular formula is C21H26N4O2. The molecule has 1 aromatic heterocycles. The van der Waals surface area contributed by atoms with Crippen molar-refractivity contribution in [3.8, 4) is 5.75 Å². The normalized spacial score (nSPS) is 16.4. The van der Waals surface area contributed by atoms with Crippen LogP contribution in [0.25, 0.3) is 0 Å². The minimum absolute atomic E-state index is 0.103. The highest BCUT2D eigenvalue weighted by atomic mass is 16.5. The van der Waals surface area contributed by atoms with E-state index in [9.17, 15) is 4.79 Å². The molecule has 1 fully saturated rings. The van der Waals surface area contributed by atoms with Gasteiger partial charge in [-0.15, -0.1) is 0 Å². The maximum absolute atomic E-state index is 12.9. The van der Waals surface area contributed by atoms with Crippen LogP contribution in [0.15, 0.2) is 24.3 Å². The monoisotopic (exact) mass is 366 g/mol. The number of aryl methyl sites for hydroxylation is 1. The molecule has 0 unspecified atom stereocenters. The summed E-state index contributed by atoms with van der Waals surface area (Å²) in [5, 5.41) is 0. The van der Waals surface area contributed by atoms with E-state index in [1.807, 2.05) is 36.1 Å². The highest BCUT2D eigenvalue weighted by Gasteiger charge is 2.24. The fraction of sp³-hybridized carbons (Fsp3) is 0.476. The molecule has 1 amide bonds. The molecule has 2 aliphatic rings. The SMILES string of the molecule is Cc1cc(N2CCN(C(=O)c3ccc4c(c3)CCO4)CC2)nc(C(C)C)n1. The molecule has 0 spiro atoms. The molecule has 27 heavy (non-hydrogen) atoms. The summed E-state index contributed by atoms with van der Waals surface area (Å²) in [5.41, 5.74) is 2.88. The third kappa shape index (κ3) is 3.61. The molecule has 4 rings (SSSR count). The van der Waals surface area contributed by atoms with E-state index in [1.165, 1.54) is 0 Å². The zero-order valence-electron chi connectivity index (χ0n) is 16.2. The molecular weight excluding hydrogens is 340 g/mol. The first kappa shape index (κ1) is 17.8. The lowest BCUT2D eigenvalue weighted by Crippen LogP contribution is -2.49. The Morgan fingerprint density at radius 1 is 1.11 bits per heavy atom. The van der Waals surface area contributed by atoms with Gasteiger partial charge in [0.05, 0.1) is 6.61 Å². The minimum Gasteiger partial charge on any atom is -0.493 e. The topological polar surface area (TPSA) is 58.6 Å². The fourth-order valence-corrected chi connectivity index (χ4v) is 3.64. The van der Waals surface area contributed by atoms with E-state index in [0.29, 0.717) is 25.6 Å². The Bertz CT molecular complexity index is 857. The number of fused-ring (bicyclic) bond motifs is 1. The standard InChI is InChI=1S/C21H26N4O2/c1-14(2)20-22-15(3)12-19(23-20)24-7-9-25(10-8-24)21(26)17-4-5-18-16(13-17)6-11-27-18/h4-5,12-14H,6-11H2,1-3H3. The van der Waals surface area contributed by atoms with E-state index in [2.05, 4.69) is 23.7 Å². The first-order chi connectivity index (χ1) is 13.0. The molecule has 0 aliphatic carbocycles. The molecule has 6 heteroatoms. The van der Waals surface area contributed by atoms with Crippen LogP contribution < -0.4 is 9.64 Å². The third-order valence-corrected chi connectivity index (χ3v) is 5.20. The average Bonchev–Trinajstić information content (AvgIpc) is 3.15. The second-order valence-corrected chi connectivity index (χ2v) is 7.58. The first-order valence-corrected chi connectivity index (χ1v) is 9.67. The van der Waals surface area contributed by atoms with Crippen LogP contribution in [-0.4, -0.2) is 53.6 Å². The fourth-order valence-electron chi connectivity index (χ4n) is 3.64. The van der Waals surface area contributed by atoms with E-state index in [1.54, 1.807) is 0 Å². The van der Waals surface area contributed by atoms with Gasteiger partial charge in [0, 0.05) is 55.8 Å². The lowest BCUT2D eigenvalue weighted by atomic mass is 10.1. The number of carbonyl (C=O) groups is 1. The lowest BCUT2D eigenvalue weighted by molar-refractivity contribution is 0.0746. The van der Waals surface area contributed by atoms with Gasteiger partial charge in [0.15, 0.2) is 0 Å². The second kappa shape index (κ2) is 7.18. The number of hydrogen-bond acceptors (Lipinski definition) is 5. The van der Waals surface area contributed by atoms with Crippen molar-refractivity contribution in [2.75, 3.05) is 37.7 Å². The van der Waals surface area contributed by atoms with Gasteiger partial charge in [0.2, 0.25) is 0 Å². The second-order valence-electron chi connectivity index (χ2n) is 7.58. The number of piperazine rings is 1. The molecule has 0 saturated carbocycles. The van der Waals surface area contributed by atoms with Gasteiger partial charge < -0.3 is 14.5 Å². The molecule has 3 heterocycles. The van der Waals surface area contributed by atoms with Crippen molar-refractivity contribution in [3.63, 3.8) is 0 Å². The number of carbonyl (C=O) groups excluding carboxylic acids is 1. The van der Waals surface area contributed by atoms with Crippen LogP contribution in [0, 0.1) is 6.92 Å². The largest absolute Gasteiger partial charge is 0.493 e. The van der Waals surface area contributed by atoms with Crippen molar-refractivity contribution >= 4 is 11.7 Å². The van der Waals surface area contributed by atoms with E-state index in [4.69, 9.17) is 9.72 Å². The molecule has 1 saturated heterocycles. The highest BCUT2D eigenvalue weighted by Crippen LogP contribution is 2.27. The van der Waals surface area contributed by atoms with Gasteiger partial charge in [-0.05, 0) is 30.7 Å². The van der Waals surface area contributed by atoms with Crippen molar-refractivity contribution in [1.82, 2.24) is 14.9 Å². The van der Waals surface area contributed by atoms with Crippen molar-refractivity contribution in [1.29, 1.82) is 0 Å². The number of nitrogens with zero attached hydrogens (tertiary/aromatic N) is 4. The van der Waals surface area contributed by atoms with Crippen molar-refractivity contribution < 1.29 is 9.53 Å². The van der Waals surface area contributed by atoms with Gasteiger partial charge in [0.1, 0.15) is 17.4 Å². The first-order valence-electron chi connectivity index (χ1n) is 9.67. The summed E-state index contributed by atoms with van der Waals surface area (Å²) in [7, 11) is 0. The Morgan fingerprint density at radius 2 is 1.89 bits per heavy atom. The summed E-state index contributed by atoms with van der Waals surface area (Å²) in [5.74, 6) is 3.16. The summed E-state index contributed by atoms with van der Waals surface area (Å²) in [4.78, 5) is 26.3. The van der Waals surface area contributed by atoms with Gasteiger partial charge >= 0.3 is 0 Å². The highest BCUT2D eigenvalue weighted by molar-refractivity contribution is 5.94. The number of amides is 1. The summed E-state index contributed by atoms with van der Waals surface area (Å²) in [6.45, 7) is 9.91. The number of benzene rings is 1. The Labute approximate surface area is 160 Å². The predicted molar refractivity (Wildman–Crippen MR) is 105 cm³/mol. The maximum Gasteiger partial charge on any atom is 0.253 e. The molecule has 2 aliphatic heterocycles. The van der Waals surface area contributed by atoms with Crippen LogP contribution in [0.5, 0.6) is 5.75 Å². The summed E-state index contributed by atoms with van der Waals surface area (Å²) in [6.07, 6.45) is 0.884. The van der Waals surface area contributed by atoms with E-state index in [-0.39, 0.29) is 5.91 Å². The third-order valence-electron chi connectivity index (χ3n) is 5.20. The number of aromatic nitrogens is 2. The van der Waals surface area contributed by atoms with Crippen molar-refractivity contribution in [2.24, 2.45) is 0 Å². The van der Waals surface area contributed by atoms with Crippen LogP contribution in [0.2, 0.25) is 0 Å². The Balaban J connectivity index is 1.44. The van der Waals surface area contributed by atoms with Gasteiger partial charge in [-0.1, -0.05) is 13.8 Å². The van der Waals surface area contributed by atoms with Crippen LogP contribution >= 0.6 is 0 Å². The maximum atomic E-state index is 12.9. The van der Waals surface area contributed by atoms with Crippen LogP contribution in [-0.2, 0) is 6.42 Å². The summed E-state index contributed by atoms with van der Waals surface area (Å²) < 4.78 is 5.53. The molecule has 0 N–H and O–H groups in total. The number of ether oxygens (including phenoxy) is 1. The quantitative estimate of drug-likeness (QED) is 0.836. The number of rotatable bonds is 3. The molecule has 1 aromatic carbocycles. The molecule has 0 bridgehead atoms. The number of anilines is 1. The Morgan fingerprint density at radius 3 is 2.63 bits per heavy atom. The van der Waals surface area contributed by atoms with E-state index >= 15 is 0 Å². The van der Waals surface area contributed by atoms with Gasteiger partial charge in [-0.2, -0.15) is 0 Å². The van der Waals surface area contributed by atoms with Crippen LogP contribution in [0.4, 0.5) is 5.82 Å². The summed E-state index contributed by atoms with van der Waals surface area (Å²) in [6, 6.07) is 7.81. The average molecular weight is 366 g/mol. The van der Waals surface area contributed by atoms with Crippen molar-refractivity contribution in [2.45, 2.75) is 33.1 Å². The van der Waals surface area contributed by atoms with Crippen LogP contribution in [0.1, 0.15) is 47.2 Å². The Kier molecular flexibility index (Phi) is 4.72. The minimum atomic E-state index is 0.103.